The van der Waals surface area contributed by atoms with Crippen LogP contribution in [0.2, 0.25) is 0 Å². The molecule has 1 fully saturated rings. The fraction of sp³-hybridized carbons (Fsp3) is 0.364. The van der Waals surface area contributed by atoms with Crippen LogP contribution in [0.1, 0.15) is 42.9 Å². The number of anilines is 1. The second-order valence-corrected chi connectivity index (χ2v) is 7.54. The van der Waals surface area contributed by atoms with E-state index in [1.807, 2.05) is 35.7 Å². The van der Waals surface area contributed by atoms with E-state index in [-0.39, 0.29) is 24.2 Å². The summed E-state index contributed by atoms with van der Waals surface area (Å²) in [5, 5.41) is 3.04. The van der Waals surface area contributed by atoms with Crippen molar-refractivity contribution in [2.24, 2.45) is 0 Å². The first kappa shape index (κ1) is 18.5. The zero-order valence-corrected chi connectivity index (χ0v) is 16.5. The van der Waals surface area contributed by atoms with Gasteiger partial charge in [0.2, 0.25) is 0 Å². The predicted octanol–water partition coefficient (Wildman–Crippen LogP) is 3.44. The van der Waals surface area contributed by atoms with Crippen LogP contribution in [-0.4, -0.2) is 40.6 Å². The summed E-state index contributed by atoms with van der Waals surface area (Å²) in [5.41, 5.74) is 3.43. The monoisotopic (exact) mass is 378 g/mol. The molecule has 1 saturated heterocycles. The van der Waals surface area contributed by atoms with Gasteiger partial charge in [0.15, 0.2) is 0 Å². The summed E-state index contributed by atoms with van der Waals surface area (Å²) >= 11 is 0. The summed E-state index contributed by atoms with van der Waals surface area (Å²) in [6.07, 6.45) is 4.09. The summed E-state index contributed by atoms with van der Waals surface area (Å²) in [7, 11) is 0. The maximum Gasteiger partial charge on any atom is 0.271 e. The zero-order chi connectivity index (χ0) is 19.7. The average Bonchev–Trinajstić information content (AvgIpc) is 3.12. The molecule has 1 aliphatic rings. The van der Waals surface area contributed by atoms with Crippen LogP contribution in [-0.2, 0) is 4.74 Å². The van der Waals surface area contributed by atoms with Crippen LogP contribution in [0.15, 0.2) is 54.9 Å². The van der Waals surface area contributed by atoms with E-state index in [1.165, 1.54) is 5.69 Å². The molecule has 6 nitrogen and oxygen atoms in total. The summed E-state index contributed by atoms with van der Waals surface area (Å²) in [6, 6.07) is 14.0. The number of rotatable bonds is 4. The van der Waals surface area contributed by atoms with E-state index in [2.05, 4.69) is 53.3 Å². The van der Waals surface area contributed by atoms with Crippen LogP contribution in [0.25, 0.3) is 5.65 Å². The summed E-state index contributed by atoms with van der Waals surface area (Å²) in [5.74, 6) is -0.170. The van der Waals surface area contributed by atoms with Crippen LogP contribution in [0.3, 0.4) is 0 Å². The van der Waals surface area contributed by atoms with Gasteiger partial charge in [-0.15, -0.1) is 0 Å². The quantitative estimate of drug-likeness (QED) is 0.756. The Morgan fingerprint density at radius 1 is 1.14 bits per heavy atom. The Bertz CT molecular complexity index is 923. The van der Waals surface area contributed by atoms with Gasteiger partial charge in [-0.25, -0.2) is 4.98 Å². The van der Waals surface area contributed by atoms with E-state index in [0.717, 1.165) is 24.3 Å². The molecule has 3 atom stereocenters. The maximum absolute atomic E-state index is 12.6. The standard InChI is InChI=1S/C22H26N4O2/c1-15-12-26(13-16(2)28-15)19-9-7-18(8-10-19)17(3)23-22(27)20-14-25-11-5-4-6-21(25)24-20/h4-11,14-17H,12-13H2,1-3H3,(H,23,27)/t15-,16+,17?. The molecule has 2 aromatic heterocycles. The van der Waals surface area contributed by atoms with Crippen LogP contribution in [0.5, 0.6) is 0 Å². The number of hydrogen-bond donors (Lipinski definition) is 1. The third-order valence-electron chi connectivity index (χ3n) is 5.12. The molecule has 0 bridgehead atoms. The number of nitrogens with zero attached hydrogens (tertiary/aromatic N) is 3. The molecule has 1 aliphatic heterocycles. The lowest BCUT2D eigenvalue weighted by molar-refractivity contribution is -0.00522. The van der Waals surface area contributed by atoms with Crippen LogP contribution >= 0.6 is 0 Å². The SMILES string of the molecule is CC(NC(=O)c1cn2ccccc2n1)c1ccc(N2C[C@@H](C)O[C@@H](C)C2)cc1. The van der Waals surface area contributed by atoms with Crippen molar-refractivity contribution in [2.75, 3.05) is 18.0 Å². The van der Waals surface area contributed by atoms with Gasteiger partial charge < -0.3 is 19.4 Å². The lowest BCUT2D eigenvalue weighted by Gasteiger charge is -2.37. The highest BCUT2D eigenvalue weighted by atomic mass is 16.5. The van der Waals surface area contributed by atoms with Crippen molar-refractivity contribution < 1.29 is 9.53 Å². The number of amides is 1. The first-order valence-corrected chi connectivity index (χ1v) is 9.74. The molecule has 0 radical (unpaired) electrons. The second-order valence-electron chi connectivity index (χ2n) is 7.54. The highest BCUT2D eigenvalue weighted by Gasteiger charge is 2.22. The van der Waals surface area contributed by atoms with Crippen molar-refractivity contribution in [3.05, 3.63) is 66.1 Å². The third-order valence-corrected chi connectivity index (χ3v) is 5.12. The molecule has 1 aromatic carbocycles. The Hall–Kier alpha value is -2.86. The minimum Gasteiger partial charge on any atom is -0.372 e. The molecule has 4 rings (SSSR count). The molecule has 0 aliphatic carbocycles. The fourth-order valence-corrected chi connectivity index (χ4v) is 3.76. The number of nitrogens with one attached hydrogen (secondary N) is 1. The lowest BCUT2D eigenvalue weighted by atomic mass is 10.1. The molecule has 0 spiro atoms. The molecule has 6 heteroatoms. The van der Waals surface area contributed by atoms with Gasteiger partial charge in [-0.2, -0.15) is 0 Å². The Balaban J connectivity index is 1.43. The van der Waals surface area contributed by atoms with E-state index >= 15 is 0 Å². The Morgan fingerprint density at radius 2 is 1.86 bits per heavy atom. The van der Waals surface area contributed by atoms with Crippen molar-refractivity contribution >= 4 is 17.2 Å². The van der Waals surface area contributed by atoms with Gasteiger partial charge in [0.05, 0.1) is 18.2 Å². The minimum absolute atomic E-state index is 0.103. The number of benzene rings is 1. The van der Waals surface area contributed by atoms with E-state index in [1.54, 1.807) is 6.20 Å². The molecule has 0 saturated carbocycles. The number of morpholine rings is 1. The van der Waals surface area contributed by atoms with Gasteiger partial charge in [0.1, 0.15) is 11.3 Å². The number of aromatic nitrogens is 2. The largest absolute Gasteiger partial charge is 0.372 e. The van der Waals surface area contributed by atoms with E-state index in [9.17, 15) is 4.79 Å². The van der Waals surface area contributed by atoms with Crippen LogP contribution in [0, 0.1) is 0 Å². The second kappa shape index (κ2) is 7.64. The number of pyridine rings is 1. The lowest BCUT2D eigenvalue weighted by Crippen LogP contribution is -2.45. The Kier molecular flexibility index (Phi) is 5.05. The summed E-state index contributed by atoms with van der Waals surface area (Å²) < 4.78 is 7.66. The van der Waals surface area contributed by atoms with E-state index < -0.39 is 0 Å². The number of carbonyl (C=O) groups excluding carboxylic acids is 1. The zero-order valence-electron chi connectivity index (χ0n) is 16.5. The van der Waals surface area contributed by atoms with Gasteiger partial charge in [0.25, 0.3) is 5.91 Å². The number of imidazole rings is 1. The van der Waals surface area contributed by atoms with Gasteiger partial charge in [0, 0.05) is 31.2 Å². The van der Waals surface area contributed by atoms with E-state index in [0.29, 0.717) is 5.69 Å². The summed E-state index contributed by atoms with van der Waals surface area (Å²) in [4.78, 5) is 19.3. The third kappa shape index (κ3) is 3.87. The van der Waals surface area contributed by atoms with Gasteiger partial charge >= 0.3 is 0 Å². The topological polar surface area (TPSA) is 58.9 Å². The minimum atomic E-state index is -0.170. The maximum atomic E-state index is 12.6. The first-order valence-electron chi connectivity index (χ1n) is 9.74. The molecule has 3 heterocycles. The van der Waals surface area contributed by atoms with Crippen molar-refractivity contribution in [1.82, 2.24) is 14.7 Å². The predicted molar refractivity (Wildman–Crippen MR) is 110 cm³/mol. The van der Waals surface area contributed by atoms with Crippen molar-refractivity contribution in [1.29, 1.82) is 0 Å². The molecule has 1 N–H and O–H groups in total. The van der Waals surface area contributed by atoms with Crippen molar-refractivity contribution in [2.45, 2.75) is 39.0 Å². The van der Waals surface area contributed by atoms with Crippen LogP contribution < -0.4 is 10.2 Å². The van der Waals surface area contributed by atoms with Crippen molar-refractivity contribution in [3.8, 4) is 0 Å². The number of fused-ring (bicyclic) bond motifs is 1. The smallest absolute Gasteiger partial charge is 0.271 e. The summed E-state index contributed by atoms with van der Waals surface area (Å²) in [6.45, 7) is 7.98. The average molecular weight is 378 g/mol. The van der Waals surface area contributed by atoms with Gasteiger partial charge in [-0.05, 0) is 50.6 Å². The Morgan fingerprint density at radius 3 is 2.54 bits per heavy atom. The first-order chi connectivity index (χ1) is 13.5. The highest BCUT2D eigenvalue weighted by molar-refractivity contribution is 5.93. The van der Waals surface area contributed by atoms with Crippen molar-refractivity contribution in [3.63, 3.8) is 0 Å². The normalized spacial score (nSPS) is 20.9. The molecular formula is C22H26N4O2. The highest BCUT2D eigenvalue weighted by Crippen LogP contribution is 2.23. The molecule has 1 unspecified atom stereocenters. The fourth-order valence-electron chi connectivity index (χ4n) is 3.76. The van der Waals surface area contributed by atoms with E-state index in [4.69, 9.17) is 4.74 Å². The van der Waals surface area contributed by atoms with Crippen LogP contribution in [0.4, 0.5) is 5.69 Å². The van der Waals surface area contributed by atoms with Gasteiger partial charge in [-0.1, -0.05) is 18.2 Å². The van der Waals surface area contributed by atoms with Gasteiger partial charge in [-0.3, -0.25) is 4.79 Å². The molecule has 3 aromatic rings. The number of carbonyl (C=O) groups is 1. The molecule has 28 heavy (non-hydrogen) atoms. The number of ether oxygens (including phenoxy) is 1. The number of hydrogen-bond acceptors (Lipinski definition) is 4. The molecular weight excluding hydrogens is 352 g/mol. The molecule has 146 valence electrons. The Labute approximate surface area is 165 Å². The molecule has 1 amide bonds.